The molecule has 3 aromatic rings. The molecule has 0 bridgehead atoms. The predicted octanol–water partition coefficient (Wildman–Crippen LogP) is 2.36. The van der Waals surface area contributed by atoms with Gasteiger partial charge in [-0.2, -0.15) is 0 Å². The summed E-state index contributed by atoms with van der Waals surface area (Å²) < 4.78 is 0. The summed E-state index contributed by atoms with van der Waals surface area (Å²) in [5, 5.41) is 10.3. The number of hydrogen-bond donors (Lipinski definition) is 4. The van der Waals surface area contributed by atoms with Gasteiger partial charge in [-0.15, -0.1) is 11.3 Å². The summed E-state index contributed by atoms with van der Waals surface area (Å²) in [4.78, 5) is 49.9. The Morgan fingerprint density at radius 2 is 1.92 bits per heavy atom. The summed E-state index contributed by atoms with van der Waals surface area (Å²) in [5.41, 5.74) is 3.50. The third-order valence-corrected chi connectivity index (χ3v) is 8.32. The highest BCUT2D eigenvalue weighted by molar-refractivity contribution is 7.13. The van der Waals surface area contributed by atoms with E-state index in [-0.39, 0.29) is 35.7 Å². The van der Waals surface area contributed by atoms with E-state index in [1.807, 2.05) is 31.2 Å². The van der Waals surface area contributed by atoms with Crippen LogP contribution in [0.1, 0.15) is 55.7 Å². The van der Waals surface area contributed by atoms with Crippen LogP contribution in [0.25, 0.3) is 10.9 Å². The number of fused-ring (bicyclic) bond motifs is 2. The highest BCUT2D eigenvalue weighted by atomic mass is 32.1. The molecule has 1 aromatic carbocycles. The van der Waals surface area contributed by atoms with E-state index in [0.29, 0.717) is 30.0 Å². The number of aromatic amines is 1. The van der Waals surface area contributed by atoms with Gasteiger partial charge >= 0.3 is 0 Å². The minimum absolute atomic E-state index is 0.0437. The molecule has 3 heterocycles. The first-order chi connectivity index (χ1) is 17.3. The van der Waals surface area contributed by atoms with Crippen LogP contribution in [0.5, 0.6) is 0 Å². The number of amides is 3. The van der Waals surface area contributed by atoms with Crippen LogP contribution >= 0.6 is 11.3 Å². The number of carbonyl (C=O) groups is 3. The molecule has 2 aliphatic rings. The van der Waals surface area contributed by atoms with Gasteiger partial charge in [-0.3, -0.25) is 14.4 Å². The van der Waals surface area contributed by atoms with Gasteiger partial charge in [0.25, 0.3) is 11.8 Å². The average Bonchev–Trinajstić information content (AvgIpc) is 3.48. The molecule has 9 nitrogen and oxygen atoms in total. The summed E-state index contributed by atoms with van der Waals surface area (Å²) in [6.07, 6.45) is 2.52. The van der Waals surface area contributed by atoms with Crippen LogP contribution in [0.4, 0.5) is 0 Å². The number of likely N-dealkylation sites (N-methyl/N-ethyl adjacent to an activating group) is 1. The van der Waals surface area contributed by atoms with E-state index in [2.05, 4.69) is 37.9 Å². The molecule has 36 heavy (non-hydrogen) atoms. The maximum absolute atomic E-state index is 13.2. The van der Waals surface area contributed by atoms with Crippen molar-refractivity contribution in [1.29, 1.82) is 0 Å². The van der Waals surface area contributed by atoms with E-state index in [1.54, 1.807) is 7.05 Å². The number of benzene rings is 1. The van der Waals surface area contributed by atoms with Crippen LogP contribution in [0, 0.1) is 12.8 Å². The van der Waals surface area contributed by atoms with Crippen molar-refractivity contribution in [3.63, 3.8) is 0 Å². The average molecular weight is 509 g/mol. The summed E-state index contributed by atoms with van der Waals surface area (Å²) in [6, 6.07) is 7.17. The fraction of sp³-hybridized carbons (Fsp3) is 0.462. The second kappa shape index (κ2) is 10.0. The first kappa shape index (κ1) is 24.5. The summed E-state index contributed by atoms with van der Waals surface area (Å²) >= 11 is 1.43. The van der Waals surface area contributed by atoms with E-state index in [0.717, 1.165) is 46.5 Å². The monoisotopic (exact) mass is 508 g/mol. The van der Waals surface area contributed by atoms with Gasteiger partial charge in [-0.1, -0.05) is 11.6 Å². The van der Waals surface area contributed by atoms with E-state index in [9.17, 15) is 14.4 Å². The number of nitrogens with one attached hydrogen (secondary N) is 4. The first-order valence-corrected chi connectivity index (χ1v) is 13.2. The Hall–Kier alpha value is -3.24. The number of thiazole rings is 1. The molecule has 0 radical (unpaired) electrons. The highest BCUT2D eigenvalue weighted by Crippen LogP contribution is 2.28. The van der Waals surface area contributed by atoms with Gasteiger partial charge in [-0.05, 0) is 51.4 Å². The second-order valence-electron chi connectivity index (χ2n) is 9.93. The zero-order valence-corrected chi connectivity index (χ0v) is 21.6. The molecule has 1 fully saturated rings. The Morgan fingerprint density at radius 3 is 2.72 bits per heavy atom. The van der Waals surface area contributed by atoms with Gasteiger partial charge in [0, 0.05) is 54.3 Å². The smallest absolute Gasteiger partial charge is 0.280 e. The Labute approximate surface area is 214 Å². The zero-order valence-electron chi connectivity index (χ0n) is 20.8. The number of aromatic nitrogens is 2. The largest absolute Gasteiger partial charge is 0.359 e. The van der Waals surface area contributed by atoms with Gasteiger partial charge in [0.15, 0.2) is 5.01 Å². The number of H-pyrrole nitrogens is 1. The van der Waals surface area contributed by atoms with Crippen molar-refractivity contribution >= 4 is 40.0 Å². The third kappa shape index (κ3) is 5.01. The maximum atomic E-state index is 13.2. The second-order valence-corrected chi connectivity index (χ2v) is 11.0. The van der Waals surface area contributed by atoms with Gasteiger partial charge in [0.05, 0.1) is 11.7 Å². The molecule has 4 N–H and O–H groups in total. The van der Waals surface area contributed by atoms with Crippen molar-refractivity contribution in [3.05, 3.63) is 51.1 Å². The minimum atomic E-state index is -0.382. The third-order valence-electron chi connectivity index (χ3n) is 7.24. The molecule has 5 rings (SSSR count). The molecule has 190 valence electrons. The SMILES string of the molecule is CNC(=O)[C@H]1CC[C@H](NC(=O)c2cc3cc(C)ccc3[nH]2)[C@H](NC(=O)c2nc3c(s2)CN(C)CC3)C1. The van der Waals surface area contributed by atoms with Crippen LogP contribution in [0.3, 0.4) is 0 Å². The molecular weight excluding hydrogens is 476 g/mol. The lowest BCUT2D eigenvalue weighted by atomic mass is 9.81. The number of carbonyl (C=O) groups excluding carboxylic acids is 3. The van der Waals surface area contributed by atoms with Crippen molar-refractivity contribution in [2.45, 2.75) is 51.2 Å². The van der Waals surface area contributed by atoms with Crippen LogP contribution in [-0.4, -0.2) is 65.3 Å². The van der Waals surface area contributed by atoms with Crippen LogP contribution < -0.4 is 16.0 Å². The lowest BCUT2D eigenvalue weighted by Gasteiger charge is -2.36. The first-order valence-electron chi connectivity index (χ1n) is 12.4. The molecule has 3 atom stereocenters. The van der Waals surface area contributed by atoms with Gasteiger partial charge < -0.3 is 25.8 Å². The van der Waals surface area contributed by atoms with E-state index in [1.165, 1.54) is 11.3 Å². The molecular formula is C26H32N6O3S. The molecule has 1 aliphatic carbocycles. The molecule has 1 aliphatic heterocycles. The summed E-state index contributed by atoms with van der Waals surface area (Å²) in [5.74, 6) is -0.736. The molecule has 0 unspecified atom stereocenters. The van der Waals surface area contributed by atoms with Crippen LogP contribution in [0.15, 0.2) is 24.3 Å². The van der Waals surface area contributed by atoms with Crippen molar-refractivity contribution in [2.75, 3.05) is 20.6 Å². The van der Waals surface area contributed by atoms with Crippen molar-refractivity contribution < 1.29 is 14.4 Å². The molecule has 10 heteroatoms. The highest BCUT2D eigenvalue weighted by Gasteiger charge is 2.36. The number of aryl methyl sites for hydroxylation is 1. The molecule has 1 saturated carbocycles. The van der Waals surface area contributed by atoms with Gasteiger partial charge in [-0.25, -0.2) is 4.98 Å². The van der Waals surface area contributed by atoms with E-state index < -0.39 is 0 Å². The molecule has 3 amide bonds. The summed E-state index contributed by atoms with van der Waals surface area (Å²) in [7, 11) is 3.68. The normalized spacial score (nSPS) is 22.1. The van der Waals surface area contributed by atoms with Crippen molar-refractivity contribution in [2.24, 2.45) is 5.92 Å². The van der Waals surface area contributed by atoms with Gasteiger partial charge in [0.1, 0.15) is 5.69 Å². The lowest BCUT2D eigenvalue weighted by molar-refractivity contribution is -0.125. The van der Waals surface area contributed by atoms with Crippen LogP contribution in [0.2, 0.25) is 0 Å². The fourth-order valence-corrected chi connectivity index (χ4v) is 6.31. The van der Waals surface area contributed by atoms with Crippen molar-refractivity contribution in [1.82, 2.24) is 30.8 Å². The maximum Gasteiger partial charge on any atom is 0.280 e. The topological polar surface area (TPSA) is 119 Å². The number of rotatable bonds is 5. The lowest BCUT2D eigenvalue weighted by Crippen LogP contribution is -2.55. The quantitative estimate of drug-likeness (QED) is 0.422. The number of nitrogens with zero attached hydrogens (tertiary/aromatic N) is 2. The Balaban J connectivity index is 1.33. The fourth-order valence-electron chi connectivity index (χ4n) is 5.22. The predicted molar refractivity (Wildman–Crippen MR) is 139 cm³/mol. The molecule has 0 spiro atoms. The van der Waals surface area contributed by atoms with E-state index >= 15 is 0 Å². The Bertz CT molecular complexity index is 1310. The minimum Gasteiger partial charge on any atom is -0.359 e. The van der Waals surface area contributed by atoms with Crippen molar-refractivity contribution in [3.8, 4) is 0 Å². The van der Waals surface area contributed by atoms with Crippen LogP contribution in [-0.2, 0) is 17.8 Å². The van der Waals surface area contributed by atoms with Gasteiger partial charge in [0.2, 0.25) is 5.91 Å². The Morgan fingerprint density at radius 1 is 1.11 bits per heavy atom. The van der Waals surface area contributed by atoms with E-state index in [4.69, 9.17) is 0 Å². The zero-order chi connectivity index (χ0) is 25.4. The molecule has 2 aromatic heterocycles. The molecule has 0 saturated heterocycles. The number of hydrogen-bond acceptors (Lipinski definition) is 6. The Kier molecular flexibility index (Phi) is 6.81. The summed E-state index contributed by atoms with van der Waals surface area (Å²) in [6.45, 7) is 3.74. The standard InChI is InChI=1S/C26H32N6O3S/c1-14-4-6-17-16(10-14)12-21(28-17)24(34)29-18-7-5-15(23(33)27-2)11-20(18)30-25(35)26-31-19-8-9-32(3)13-22(19)36-26/h4,6,10,12,15,18,20,28H,5,7-9,11,13H2,1-3H3,(H,27,33)(H,29,34)(H,30,35)/t15-,18-,20+/m0/s1.